The van der Waals surface area contributed by atoms with E-state index in [2.05, 4.69) is 25.6 Å². The second-order valence-electron chi connectivity index (χ2n) is 4.13. The Hall–Kier alpha value is -2.05. The summed E-state index contributed by atoms with van der Waals surface area (Å²) >= 11 is 0. The summed E-state index contributed by atoms with van der Waals surface area (Å²) in [5.41, 5.74) is 7.58. The number of nitrogens with one attached hydrogen (secondary N) is 2. The van der Waals surface area contributed by atoms with Crippen LogP contribution in [0.1, 0.15) is 24.9 Å². The van der Waals surface area contributed by atoms with Gasteiger partial charge < -0.3 is 11.1 Å². The SMILES string of the molecule is CCn1nc(C)c(N)c1NCCCc1ncn[nH]1. The Labute approximate surface area is 106 Å². The summed E-state index contributed by atoms with van der Waals surface area (Å²) in [4.78, 5) is 4.08. The van der Waals surface area contributed by atoms with E-state index in [1.807, 2.05) is 18.5 Å². The molecule has 0 aliphatic heterocycles. The van der Waals surface area contributed by atoms with E-state index in [4.69, 9.17) is 5.73 Å². The third-order valence-corrected chi connectivity index (χ3v) is 2.82. The minimum Gasteiger partial charge on any atom is -0.394 e. The molecule has 2 rings (SSSR count). The summed E-state index contributed by atoms with van der Waals surface area (Å²) in [5, 5.41) is 14.3. The number of nitrogen functional groups attached to an aromatic ring is 1. The Balaban J connectivity index is 1.86. The largest absolute Gasteiger partial charge is 0.394 e. The van der Waals surface area contributed by atoms with Gasteiger partial charge in [0, 0.05) is 19.5 Å². The summed E-state index contributed by atoms with van der Waals surface area (Å²) in [6.45, 7) is 5.60. The van der Waals surface area contributed by atoms with Gasteiger partial charge in [0.1, 0.15) is 18.0 Å². The molecule has 0 fully saturated rings. The minimum absolute atomic E-state index is 0.733. The van der Waals surface area contributed by atoms with Gasteiger partial charge in [-0.15, -0.1) is 0 Å². The highest BCUT2D eigenvalue weighted by atomic mass is 15.3. The van der Waals surface area contributed by atoms with Crippen LogP contribution in [0.15, 0.2) is 6.33 Å². The molecule has 0 bridgehead atoms. The molecule has 0 atom stereocenters. The molecule has 2 aromatic heterocycles. The van der Waals surface area contributed by atoms with Crippen LogP contribution in [0.2, 0.25) is 0 Å². The summed E-state index contributed by atoms with van der Waals surface area (Å²) in [6, 6.07) is 0. The van der Waals surface area contributed by atoms with E-state index in [0.717, 1.165) is 49.0 Å². The van der Waals surface area contributed by atoms with Crippen LogP contribution >= 0.6 is 0 Å². The number of aromatic nitrogens is 5. The summed E-state index contributed by atoms with van der Waals surface area (Å²) < 4.78 is 1.89. The van der Waals surface area contributed by atoms with Gasteiger partial charge in [-0.05, 0) is 20.3 Å². The number of rotatable bonds is 6. The lowest BCUT2D eigenvalue weighted by molar-refractivity contribution is 0.655. The molecule has 0 aliphatic carbocycles. The lowest BCUT2D eigenvalue weighted by atomic mass is 10.3. The molecule has 4 N–H and O–H groups in total. The van der Waals surface area contributed by atoms with Crippen LogP contribution in [-0.4, -0.2) is 31.5 Å². The molecule has 98 valence electrons. The lowest BCUT2D eigenvalue weighted by Crippen LogP contribution is -2.10. The van der Waals surface area contributed by atoms with Gasteiger partial charge >= 0.3 is 0 Å². The maximum atomic E-state index is 5.98. The molecule has 0 unspecified atom stereocenters. The monoisotopic (exact) mass is 249 g/mol. The first-order valence-electron chi connectivity index (χ1n) is 6.13. The van der Waals surface area contributed by atoms with E-state index in [1.54, 1.807) is 0 Å². The highest BCUT2D eigenvalue weighted by Crippen LogP contribution is 2.21. The number of nitrogens with zero attached hydrogens (tertiary/aromatic N) is 4. The molecular weight excluding hydrogens is 230 g/mol. The van der Waals surface area contributed by atoms with Gasteiger partial charge in [0.15, 0.2) is 0 Å². The van der Waals surface area contributed by atoms with Crippen LogP contribution in [0.5, 0.6) is 0 Å². The highest BCUT2D eigenvalue weighted by Gasteiger charge is 2.10. The smallest absolute Gasteiger partial charge is 0.148 e. The Morgan fingerprint density at radius 2 is 2.33 bits per heavy atom. The molecule has 0 saturated carbocycles. The van der Waals surface area contributed by atoms with Crippen LogP contribution in [0, 0.1) is 6.92 Å². The van der Waals surface area contributed by atoms with Crippen LogP contribution in [-0.2, 0) is 13.0 Å². The zero-order chi connectivity index (χ0) is 13.0. The van der Waals surface area contributed by atoms with E-state index in [1.165, 1.54) is 6.33 Å². The maximum absolute atomic E-state index is 5.98. The highest BCUT2D eigenvalue weighted by molar-refractivity contribution is 5.64. The van der Waals surface area contributed by atoms with Crippen LogP contribution in [0.4, 0.5) is 11.5 Å². The quantitative estimate of drug-likeness (QED) is 0.662. The normalized spacial score (nSPS) is 10.8. The first-order chi connectivity index (χ1) is 8.72. The Morgan fingerprint density at radius 1 is 1.50 bits per heavy atom. The first kappa shape index (κ1) is 12.4. The van der Waals surface area contributed by atoms with Gasteiger partial charge in [-0.3, -0.25) is 5.10 Å². The molecular formula is C11H19N7. The number of H-pyrrole nitrogens is 1. The average Bonchev–Trinajstić information content (AvgIpc) is 2.96. The van der Waals surface area contributed by atoms with E-state index in [0.29, 0.717) is 0 Å². The zero-order valence-corrected chi connectivity index (χ0v) is 10.8. The van der Waals surface area contributed by atoms with E-state index in [9.17, 15) is 0 Å². The van der Waals surface area contributed by atoms with Gasteiger partial charge in [-0.25, -0.2) is 9.67 Å². The number of hydrogen-bond acceptors (Lipinski definition) is 5. The van der Waals surface area contributed by atoms with Crippen molar-refractivity contribution in [2.45, 2.75) is 33.2 Å². The van der Waals surface area contributed by atoms with E-state index >= 15 is 0 Å². The maximum Gasteiger partial charge on any atom is 0.148 e. The lowest BCUT2D eigenvalue weighted by Gasteiger charge is -2.08. The van der Waals surface area contributed by atoms with Crippen molar-refractivity contribution in [3.63, 3.8) is 0 Å². The van der Waals surface area contributed by atoms with Gasteiger partial charge in [-0.2, -0.15) is 10.2 Å². The summed E-state index contributed by atoms with van der Waals surface area (Å²) in [5.74, 6) is 1.82. The molecule has 2 aromatic rings. The van der Waals surface area contributed by atoms with E-state index in [-0.39, 0.29) is 0 Å². The van der Waals surface area contributed by atoms with Crippen molar-refractivity contribution in [2.75, 3.05) is 17.6 Å². The molecule has 0 radical (unpaired) electrons. The van der Waals surface area contributed by atoms with Crippen LogP contribution < -0.4 is 11.1 Å². The van der Waals surface area contributed by atoms with Crippen molar-refractivity contribution in [3.05, 3.63) is 17.8 Å². The first-order valence-corrected chi connectivity index (χ1v) is 6.13. The van der Waals surface area contributed by atoms with Crippen molar-refractivity contribution < 1.29 is 0 Å². The van der Waals surface area contributed by atoms with Gasteiger partial charge in [0.2, 0.25) is 0 Å². The fourth-order valence-electron chi connectivity index (χ4n) is 1.82. The molecule has 18 heavy (non-hydrogen) atoms. The predicted molar refractivity (Wildman–Crippen MR) is 70.2 cm³/mol. The van der Waals surface area contributed by atoms with Crippen molar-refractivity contribution in [3.8, 4) is 0 Å². The third-order valence-electron chi connectivity index (χ3n) is 2.82. The Kier molecular flexibility index (Phi) is 3.81. The van der Waals surface area contributed by atoms with Crippen molar-refractivity contribution >= 4 is 11.5 Å². The van der Waals surface area contributed by atoms with Gasteiger partial charge in [0.25, 0.3) is 0 Å². The molecule has 0 amide bonds. The second-order valence-corrected chi connectivity index (χ2v) is 4.13. The fourth-order valence-corrected chi connectivity index (χ4v) is 1.82. The Morgan fingerprint density at radius 3 is 3.00 bits per heavy atom. The summed E-state index contributed by atoms with van der Waals surface area (Å²) in [6.07, 6.45) is 3.35. The molecule has 7 heteroatoms. The minimum atomic E-state index is 0.733. The van der Waals surface area contributed by atoms with Crippen molar-refractivity contribution in [2.24, 2.45) is 0 Å². The average molecular weight is 249 g/mol. The van der Waals surface area contributed by atoms with Crippen molar-refractivity contribution in [1.29, 1.82) is 0 Å². The Bertz CT molecular complexity index is 486. The second kappa shape index (κ2) is 5.52. The fraction of sp³-hybridized carbons (Fsp3) is 0.545. The number of hydrogen-bond donors (Lipinski definition) is 3. The molecule has 7 nitrogen and oxygen atoms in total. The molecule has 2 heterocycles. The number of nitrogens with two attached hydrogens (primary N) is 1. The van der Waals surface area contributed by atoms with Crippen LogP contribution in [0.25, 0.3) is 0 Å². The molecule has 0 spiro atoms. The third kappa shape index (κ3) is 2.61. The summed E-state index contributed by atoms with van der Waals surface area (Å²) in [7, 11) is 0. The number of anilines is 2. The molecule has 0 saturated heterocycles. The van der Waals surface area contributed by atoms with Crippen molar-refractivity contribution in [1.82, 2.24) is 25.0 Å². The molecule has 0 aliphatic rings. The van der Waals surface area contributed by atoms with E-state index < -0.39 is 0 Å². The van der Waals surface area contributed by atoms with Gasteiger partial charge in [0.05, 0.1) is 11.4 Å². The van der Waals surface area contributed by atoms with Crippen LogP contribution in [0.3, 0.4) is 0 Å². The standard InChI is InChI=1S/C11H19N7/c1-3-18-11(10(12)8(2)17-18)13-6-4-5-9-14-7-15-16-9/h7,13H,3-6,12H2,1-2H3,(H,14,15,16). The number of aryl methyl sites for hydroxylation is 3. The molecule has 0 aromatic carbocycles. The number of aromatic amines is 1. The zero-order valence-electron chi connectivity index (χ0n) is 10.8. The topological polar surface area (TPSA) is 97.4 Å². The van der Waals surface area contributed by atoms with Gasteiger partial charge in [-0.1, -0.05) is 0 Å². The predicted octanol–water partition coefficient (Wildman–Crippen LogP) is 0.956.